The van der Waals surface area contributed by atoms with Crippen LogP contribution in [0.4, 0.5) is 5.69 Å². The molecule has 0 radical (unpaired) electrons. The van der Waals surface area contributed by atoms with Crippen LogP contribution in [0, 0.1) is 5.92 Å². The van der Waals surface area contributed by atoms with Crippen molar-refractivity contribution in [2.24, 2.45) is 5.92 Å². The fourth-order valence-corrected chi connectivity index (χ4v) is 2.82. The second-order valence-electron chi connectivity index (χ2n) is 5.55. The minimum atomic E-state index is -0.0772. The van der Waals surface area contributed by atoms with Crippen molar-refractivity contribution in [1.29, 1.82) is 0 Å². The number of aromatic amines is 1. The van der Waals surface area contributed by atoms with Gasteiger partial charge in [0.25, 0.3) is 5.56 Å². The number of nitrogens with one attached hydrogen (secondary N) is 2. The van der Waals surface area contributed by atoms with Crippen LogP contribution in [0.2, 0.25) is 0 Å². The number of rotatable bonds is 5. The molecule has 112 valence electrons. The molecule has 2 aromatic heterocycles. The Morgan fingerprint density at radius 2 is 2.33 bits per heavy atom. The Morgan fingerprint density at radius 3 is 2.95 bits per heavy atom. The highest BCUT2D eigenvalue weighted by Gasteiger charge is 2.20. The van der Waals surface area contributed by atoms with Crippen LogP contribution in [0.5, 0.6) is 0 Å². The van der Waals surface area contributed by atoms with E-state index in [2.05, 4.69) is 36.5 Å². The van der Waals surface area contributed by atoms with Gasteiger partial charge in [-0.25, -0.2) is 4.68 Å². The Balaban J connectivity index is 1.83. The van der Waals surface area contributed by atoms with Gasteiger partial charge in [0.2, 0.25) is 0 Å². The normalized spacial score (nSPS) is 16.5. The highest BCUT2D eigenvalue weighted by Crippen LogP contribution is 2.28. The summed E-state index contributed by atoms with van der Waals surface area (Å²) >= 11 is 3.41. The van der Waals surface area contributed by atoms with E-state index >= 15 is 0 Å². The molecule has 6 nitrogen and oxygen atoms in total. The molecule has 1 aliphatic rings. The van der Waals surface area contributed by atoms with E-state index in [0.717, 1.165) is 5.56 Å². The van der Waals surface area contributed by atoms with Gasteiger partial charge in [-0.05, 0) is 41.6 Å². The van der Waals surface area contributed by atoms with Crippen LogP contribution in [-0.4, -0.2) is 20.0 Å². The predicted octanol–water partition coefficient (Wildman–Crippen LogP) is 2.70. The molecule has 2 aromatic rings. The summed E-state index contributed by atoms with van der Waals surface area (Å²) in [6.45, 7) is 2.70. The molecule has 0 aromatic carbocycles. The molecule has 1 unspecified atom stereocenters. The molecule has 2 N–H and O–H groups in total. The number of hydrogen-bond donors (Lipinski definition) is 2. The molecule has 3 rings (SSSR count). The van der Waals surface area contributed by atoms with E-state index in [-0.39, 0.29) is 11.6 Å². The van der Waals surface area contributed by atoms with Gasteiger partial charge in [-0.2, -0.15) is 10.2 Å². The third-order valence-corrected chi connectivity index (χ3v) is 4.63. The quantitative estimate of drug-likeness (QED) is 0.868. The molecule has 0 amide bonds. The summed E-state index contributed by atoms with van der Waals surface area (Å²) in [5, 5.41) is 14.2. The first kappa shape index (κ1) is 14.3. The molecule has 1 saturated carbocycles. The van der Waals surface area contributed by atoms with E-state index in [1.54, 1.807) is 17.1 Å². The van der Waals surface area contributed by atoms with Crippen molar-refractivity contribution in [3.8, 4) is 0 Å². The van der Waals surface area contributed by atoms with Crippen LogP contribution in [0.1, 0.15) is 37.8 Å². The van der Waals surface area contributed by atoms with E-state index in [9.17, 15) is 4.79 Å². The molecule has 0 saturated heterocycles. The van der Waals surface area contributed by atoms with Gasteiger partial charge >= 0.3 is 0 Å². The van der Waals surface area contributed by atoms with Gasteiger partial charge < -0.3 is 5.32 Å². The van der Waals surface area contributed by atoms with Crippen molar-refractivity contribution in [2.45, 2.75) is 38.8 Å². The lowest BCUT2D eigenvalue weighted by Crippen LogP contribution is -2.31. The van der Waals surface area contributed by atoms with Crippen LogP contribution < -0.4 is 10.9 Å². The average molecular weight is 352 g/mol. The highest BCUT2D eigenvalue weighted by molar-refractivity contribution is 9.10. The number of aromatic nitrogens is 4. The van der Waals surface area contributed by atoms with E-state index in [1.165, 1.54) is 19.3 Å². The first-order valence-electron chi connectivity index (χ1n) is 7.16. The van der Waals surface area contributed by atoms with Crippen LogP contribution in [0.3, 0.4) is 0 Å². The fourth-order valence-electron chi connectivity index (χ4n) is 2.45. The molecular weight excluding hydrogens is 334 g/mol. The van der Waals surface area contributed by atoms with Gasteiger partial charge in [0.15, 0.2) is 0 Å². The van der Waals surface area contributed by atoms with Crippen molar-refractivity contribution in [2.75, 3.05) is 5.32 Å². The Hall–Kier alpha value is -1.63. The number of halogens is 1. The van der Waals surface area contributed by atoms with E-state index < -0.39 is 0 Å². The predicted molar refractivity (Wildman–Crippen MR) is 84.2 cm³/mol. The van der Waals surface area contributed by atoms with Crippen LogP contribution in [0.15, 0.2) is 27.9 Å². The molecular formula is C14H18BrN5O. The van der Waals surface area contributed by atoms with Crippen molar-refractivity contribution in [3.63, 3.8) is 0 Å². The topological polar surface area (TPSA) is 75.6 Å². The van der Waals surface area contributed by atoms with Crippen molar-refractivity contribution in [1.82, 2.24) is 20.0 Å². The summed E-state index contributed by atoms with van der Waals surface area (Å²) in [4.78, 5) is 12.6. The SMILES string of the molecule is CC(Nc1c(Br)cnn(CC2CCC2)c1=O)c1cn[nH]c1. The van der Waals surface area contributed by atoms with Gasteiger partial charge in [-0.1, -0.05) is 6.42 Å². The largest absolute Gasteiger partial charge is 0.373 e. The second kappa shape index (κ2) is 6.01. The van der Waals surface area contributed by atoms with Crippen molar-refractivity contribution >= 4 is 21.6 Å². The summed E-state index contributed by atoms with van der Waals surface area (Å²) < 4.78 is 2.26. The maximum absolute atomic E-state index is 12.6. The lowest BCUT2D eigenvalue weighted by Gasteiger charge is -2.25. The minimum Gasteiger partial charge on any atom is -0.373 e. The van der Waals surface area contributed by atoms with Crippen molar-refractivity contribution in [3.05, 3.63) is 39.0 Å². The number of H-pyrrole nitrogens is 1. The zero-order valence-corrected chi connectivity index (χ0v) is 13.4. The number of hydrogen-bond acceptors (Lipinski definition) is 4. The van der Waals surface area contributed by atoms with Crippen LogP contribution >= 0.6 is 15.9 Å². The zero-order chi connectivity index (χ0) is 14.8. The summed E-state index contributed by atoms with van der Waals surface area (Å²) in [6, 6.07) is -0.00713. The number of anilines is 1. The first-order valence-corrected chi connectivity index (χ1v) is 7.95. The standard InChI is InChI=1S/C14H18BrN5O/c1-9(11-5-16-17-6-11)19-13-12(15)7-18-20(14(13)21)8-10-3-2-4-10/h5-7,9-10,19H,2-4,8H2,1H3,(H,16,17). The lowest BCUT2D eigenvalue weighted by atomic mass is 9.85. The molecule has 7 heteroatoms. The smallest absolute Gasteiger partial charge is 0.291 e. The van der Waals surface area contributed by atoms with Gasteiger partial charge in [0.1, 0.15) is 5.69 Å². The molecule has 1 aliphatic carbocycles. The molecule has 21 heavy (non-hydrogen) atoms. The Morgan fingerprint density at radius 1 is 1.52 bits per heavy atom. The van der Waals surface area contributed by atoms with Gasteiger partial charge in [-0.15, -0.1) is 0 Å². The van der Waals surface area contributed by atoms with Gasteiger partial charge in [-0.3, -0.25) is 9.89 Å². The summed E-state index contributed by atoms with van der Waals surface area (Å²) in [5.41, 5.74) is 1.48. The molecule has 1 fully saturated rings. The fraction of sp³-hybridized carbons (Fsp3) is 0.500. The molecule has 0 spiro atoms. The van der Waals surface area contributed by atoms with Crippen LogP contribution in [0.25, 0.3) is 0 Å². The zero-order valence-electron chi connectivity index (χ0n) is 11.8. The van der Waals surface area contributed by atoms with E-state index in [1.807, 2.05) is 13.1 Å². The minimum absolute atomic E-state index is 0.00713. The van der Waals surface area contributed by atoms with Gasteiger partial charge in [0.05, 0.1) is 22.9 Å². The van der Waals surface area contributed by atoms with Gasteiger partial charge in [0, 0.05) is 18.3 Å². The maximum atomic E-state index is 12.6. The molecule has 1 atom stereocenters. The third-order valence-electron chi connectivity index (χ3n) is 4.03. The monoisotopic (exact) mass is 351 g/mol. The summed E-state index contributed by atoms with van der Waals surface area (Å²) in [5.74, 6) is 0.593. The number of nitrogens with zero attached hydrogens (tertiary/aromatic N) is 3. The summed E-state index contributed by atoms with van der Waals surface area (Å²) in [6.07, 6.45) is 8.90. The Labute approximate surface area is 131 Å². The lowest BCUT2D eigenvalue weighted by molar-refractivity contribution is 0.262. The van der Waals surface area contributed by atoms with Crippen molar-refractivity contribution < 1.29 is 0 Å². The average Bonchev–Trinajstić information content (AvgIpc) is 2.94. The Kier molecular flexibility index (Phi) is 4.10. The molecule has 0 aliphatic heterocycles. The molecule has 2 heterocycles. The van der Waals surface area contributed by atoms with E-state index in [0.29, 0.717) is 22.6 Å². The molecule has 0 bridgehead atoms. The third kappa shape index (κ3) is 3.02. The summed E-state index contributed by atoms with van der Waals surface area (Å²) in [7, 11) is 0. The maximum Gasteiger partial charge on any atom is 0.291 e. The van der Waals surface area contributed by atoms with Crippen LogP contribution in [-0.2, 0) is 6.54 Å². The Bertz CT molecular complexity index is 662. The second-order valence-corrected chi connectivity index (χ2v) is 6.40. The first-order chi connectivity index (χ1) is 10.1. The highest BCUT2D eigenvalue weighted by atomic mass is 79.9. The van der Waals surface area contributed by atoms with E-state index in [4.69, 9.17) is 0 Å².